The van der Waals surface area contributed by atoms with Crippen molar-refractivity contribution in [3.63, 3.8) is 0 Å². The highest BCUT2D eigenvalue weighted by Crippen LogP contribution is 2.45. The van der Waals surface area contributed by atoms with Gasteiger partial charge in [-0.2, -0.15) is 12.7 Å². The molecule has 160 valence electrons. The van der Waals surface area contributed by atoms with Gasteiger partial charge in [-0.05, 0) is 44.2 Å². The fraction of sp³-hybridized carbons (Fsp3) is 0.941. The van der Waals surface area contributed by atoms with Crippen molar-refractivity contribution >= 4 is 16.1 Å². The van der Waals surface area contributed by atoms with Gasteiger partial charge < -0.3 is 10.0 Å². The van der Waals surface area contributed by atoms with Crippen LogP contribution in [0.5, 0.6) is 0 Å². The molecule has 2 heterocycles. The summed E-state index contributed by atoms with van der Waals surface area (Å²) in [6.45, 7) is 1.26. The molecule has 7 nitrogen and oxygen atoms in total. The highest BCUT2D eigenvalue weighted by molar-refractivity contribution is 7.88. The van der Waals surface area contributed by atoms with Gasteiger partial charge in [0.05, 0.1) is 18.7 Å². The molecule has 4 fully saturated rings. The number of aliphatic hydroxyl groups excluding tert-OH is 1. The van der Waals surface area contributed by atoms with Crippen LogP contribution >= 0.6 is 0 Å². The molecule has 0 aromatic heterocycles. The summed E-state index contributed by atoms with van der Waals surface area (Å²) in [6.07, 6.45) is -1.30. The second kappa shape index (κ2) is 7.10. The Kier molecular flexibility index (Phi) is 5.17. The standard InChI is InChI=1S/C17H26F3N3O4S/c18-15-12-8-22(3-1-10-6-17(19,20)7-10)4-2-11(12)5-13(24)16(15)23-9-14(25)21-28(23,26)27/h10-13,15-16,24H,1-9H2,(H,21,25). The van der Waals surface area contributed by atoms with E-state index in [-0.39, 0.29) is 24.7 Å². The Bertz CT molecular complexity index is 729. The molecule has 0 radical (unpaired) electrons. The lowest BCUT2D eigenvalue weighted by Gasteiger charge is -2.49. The Morgan fingerprint density at radius 2 is 2.00 bits per heavy atom. The third kappa shape index (κ3) is 3.78. The number of carbonyl (C=O) groups excluding carboxylic acids is 1. The first kappa shape index (κ1) is 20.4. The van der Waals surface area contributed by atoms with Crippen LogP contribution in [0.25, 0.3) is 0 Å². The van der Waals surface area contributed by atoms with Crippen LogP contribution in [0.1, 0.15) is 32.1 Å². The minimum atomic E-state index is -4.13. The van der Waals surface area contributed by atoms with Crippen molar-refractivity contribution in [2.24, 2.45) is 17.8 Å². The average molecular weight is 425 g/mol. The van der Waals surface area contributed by atoms with Gasteiger partial charge in [0.15, 0.2) is 0 Å². The zero-order valence-electron chi connectivity index (χ0n) is 15.4. The van der Waals surface area contributed by atoms with Crippen LogP contribution in [0.2, 0.25) is 0 Å². The summed E-state index contributed by atoms with van der Waals surface area (Å²) in [5.41, 5.74) is 0. The molecule has 5 unspecified atom stereocenters. The maximum absolute atomic E-state index is 15.4. The van der Waals surface area contributed by atoms with Crippen molar-refractivity contribution in [3.8, 4) is 0 Å². The number of alkyl halides is 3. The largest absolute Gasteiger partial charge is 0.391 e. The van der Waals surface area contributed by atoms with E-state index in [1.54, 1.807) is 0 Å². The molecule has 5 atom stereocenters. The molecular weight excluding hydrogens is 399 g/mol. The fourth-order valence-electron chi connectivity index (χ4n) is 5.30. The van der Waals surface area contributed by atoms with E-state index >= 15 is 4.39 Å². The lowest BCUT2D eigenvalue weighted by molar-refractivity contribution is -0.120. The first-order chi connectivity index (χ1) is 13.1. The fourth-order valence-corrected chi connectivity index (χ4v) is 6.64. The lowest BCUT2D eigenvalue weighted by atomic mass is 9.70. The smallest absolute Gasteiger partial charge is 0.304 e. The van der Waals surface area contributed by atoms with Crippen molar-refractivity contribution in [1.29, 1.82) is 0 Å². The van der Waals surface area contributed by atoms with E-state index in [0.717, 1.165) is 10.8 Å². The Balaban J connectivity index is 1.39. The molecule has 2 aliphatic heterocycles. The first-order valence-electron chi connectivity index (χ1n) is 9.80. The van der Waals surface area contributed by atoms with Crippen LogP contribution in [0, 0.1) is 17.8 Å². The number of carbonyl (C=O) groups is 1. The van der Waals surface area contributed by atoms with Crippen molar-refractivity contribution in [3.05, 3.63) is 0 Å². The summed E-state index contributed by atoms with van der Waals surface area (Å²) in [5.74, 6) is -3.78. The lowest BCUT2D eigenvalue weighted by Crippen LogP contribution is -2.61. The predicted octanol–water partition coefficient (Wildman–Crippen LogP) is 0.508. The van der Waals surface area contributed by atoms with Gasteiger partial charge in [-0.15, -0.1) is 0 Å². The quantitative estimate of drug-likeness (QED) is 0.685. The van der Waals surface area contributed by atoms with E-state index in [0.29, 0.717) is 32.4 Å². The number of hydrogen-bond donors (Lipinski definition) is 2. The highest BCUT2D eigenvalue weighted by Gasteiger charge is 2.53. The maximum Gasteiger partial charge on any atom is 0.304 e. The monoisotopic (exact) mass is 425 g/mol. The summed E-state index contributed by atoms with van der Waals surface area (Å²) in [7, 11) is -4.13. The Hall–Kier alpha value is -0.910. The number of amides is 1. The van der Waals surface area contributed by atoms with Crippen molar-refractivity contribution in [1.82, 2.24) is 13.9 Å². The zero-order chi connectivity index (χ0) is 20.3. The molecule has 4 rings (SSSR count). The van der Waals surface area contributed by atoms with Crippen LogP contribution < -0.4 is 4.72 Å². The second-order valence-corrected chi connectivity index (χ2v) is 10.4. The van der Waals surface area contributed by atoms with E-state index in [1.807, 2.05) is 4.72 Å². The van der Waals surface area contributed by atoms with Gasteiger partial charge in [0.25, 0.3) is 0 Å². The molecule has 0 aromatic carbocycles. The van der Waals surface area contributed by atoms with Crippen LogP contribution in [-0.2, 0) is 15.0 Å². The van der Waals surface area contributed by atoms with Gasteiger partial charge in [0.2, 0.25) is 11.8 Å². The van der Waals surface area contributed by atoms with E-state index in [2.05, 4.69) is 4.90 Å². The average Bonchev–Trinajstić information content (AvgIpc) is 2.83. The summed E-state index contributed by atoms with van der Waals surface area (Å²) < 4.78 is 68.1. The van der Waals surface area contributed by atoms with Crippen LogP contribution in [0.15, 0.2) is 0 Å². The molecule has 1 amide bonds. The number of aliphatic hydroxyl groups is 1. The minimum absolute atomic E-state index is 0.00153. The molecule has 2 N–H and O–H groups in total. The van der Waals surface area contributed by atoms with Crippen molar-refractivity contribution < 1.29 is 31.5 Å². The molecule has 4 aliphatic rings. The molecule has 11 heteroatoms. The van der Waals surface area contributed by atoms with E-state index in [4.69, 9.17) is 0 Å². The van der Waals surface area contributed by atoms with Gasteiger partial charge in [-0.25, -0.2) is 17.9 Å². The molecule has 0 spiro atoms. The van der Waals surface area contributed by atoms with Crippen molar-refractivity contribution in [2.75, 3.05) is 26.2 Å². The molecule has 2 aliphatic carbocycles. The highest BCUT2D eigenvalue weighted by atomic mass is 32.2. The molecule has 2 saturated heterocycles. The van der Waals surface area contributed by atoms with E-state index < -0.39 is 52.8 Å². The van der Waals surface area contributed by atoms with Crippen LogP contribution in [-0.4, -0.2) is 79.1 Å². The molecule has 0 bridgehead atoms. The molecule has 28 heavy (non-hydrogen) atoms. The van der Waals surface area contributed by atoms with Gasteiger partial charge in [0.1, 0.15) is 6.17 Å². The third-order valence-corrected chi connectivity index (χ3v) is 8.25. The number of hydrogen-bond acceptors (Lipinski definition) is 5. The Labute approximate surface area is 162 Å². The SMILES string of the molecule is O=C1CN(C2C(O)CC3CCN(CCC4CC(F)(F)C4)CC3C2F)S(=O)(=O)N1. The topological polar surface area (TPSA) is 90.0 Å². The zero-order valence-corrected chi connectivity index (χ0v) is 16.3. The van der Waals surface area contributed by atoms with Gasteiger partial charge >= 0.3 is 10.2 Å². The Morgan fingerprint density at radius 3 is 2.61 bits per heavy atom. The van der Waals surface area contributed by atoms with Crippen LogP contribution in [0.3, 0.4) is 0 Å². The van der Waals surface area contributed by atoms with E-state index in [9.17, 15) is 27.1 Å². The van der Waals surface area contributed by atoms with Crippen LogP contribution in [0.4, 0.5) is 13.2 Å². The number of fused-ring (bicyclic) bond motifs is 1. The van der Waals surface area contributed by atoms with Gasteiger partial charge in [0, 0.05) is 25.3 Å². The number of piperidine rings is 1. The van der Waals surface area contributed by atoms with Gasteiger partial charge in [-0.1, -0.05) is 0 Å². The number of nitrogens with zero attached hydrogens (tertiary/aromatic N) is 2. The summed E-state index contributed by atoms with van der Waals surface area (Å²) in [6, 6.07) is -1.28. The maximum atomic E-state index is 15.4. The third-order valence-electron chi connectivity index (χ3n) is 6.78. The molecular formula is C17H26F3N3O4S. The minimum Gasteiger partial charge on any atom is -0.391 e. The summed E-state index contributed by atoms with van der Waals surface area (Å²) in [5, 5.41) is 10.4. The number of likely N-dealkylation sites (tertiary alicyclic amines) is 1. The number of nitrogens with one attached hydrogen (secondary N) is 1. The van der Waals surface area contributed by atoms with Gasteiger partial charge in [-0.3, -0.25) is 4.79 Å². The predicted molar refractivity (Wildman–Crippen MR) is 93.4 cm³/mol. The summed E-state index contributed by atoms with van der Waals surface area (Å²) in [4.78, 5) is 13.5. The molecule has 0 aromatic rings. The first-order valence-corrected chi connectivity index (χ1v) is 11.2. The second-order valence-electron chi connectivity index (χ2n) is 8.75. The van der Waals surface area contributed by atoms with Crippen molar-refractivity contribution in [2.45, 2.75) is 56.3 Å². The summed E-state index contributed by atoms with van der Waals surface area (Å²) >= 11 is 0. The number of halogens is 3. The number of rotatable bonds is 4. The molecule has 2 saturated carbocycles. The normalized spacial score (nSPS) is 41.3. The van der Waals surface area contributed by atoms with E-state index in [1.165, 1.54) is 0 Å². The Morgan fingerprint density at radius 1 is 1.29 bits per heavy atom.